The van der Waals surface area contributed by atoms with E-state index >= 15 is 0 Å². The predicted molar refractivity (Wildman–Crippen MR) is 97.0 cm³/mol. The van der Waals surface area contributed by atoms with Gasteiger partial charge in [-0.05, 0) is 35.9 Å². The number of carbonyl (C=O) groups excluding carboxylic acids is 1. The second-order valence-electron chi connectivity index (χ2n) is 5.52. The van der Waals surface area contributed by atoms with Crippen molar-refractivity contribution in [3.8, 4) is 28.6 Å². The maximum absolute atomic E-state index is 12.2. The van der Waals surface area contributed by atoms with Crippen LogP contribution in [0.4, 0.5) is 0 Å². The van der Waals surface area contributed by atoms with Gasteiger partial charge in [0, 0.05) is 12.1 Å². The monoisotopic (exact) mass is 369 g/mol. The standard InChI is InChI=1S/C19H19N3O5/c1-24-14-7-4-12(5-8-14)11-20-18(23)19-21-17(22-27-19)13-6-9-15(25-2)16(10-13)26-3/h4-10H,11H2,1-3H3,(H,20,23). The summed E-state index contributed by atoms with van der Waals surface area (Å²) in [4.78, 5) is 16.4. The van der Waals surface area contributed by atoms with Gasteiger partial charge in [-0.1, -0.05) is 17.3 Å². The molecule has 1 amide bonds. The van der Waals surface area contributed by atoms with E-state index < -0.39 is 5.91 Å². The summed E-state index contributed by atoms with van der Waals surface area (Å²) in [6.45, 7) is 0.330. The van der Waals surface area contributed by atoms with Crippen molar-refractivity contribution >= 4 is 5.91 Å². The number of hydrogen-bond donors (Lipinski definition) is 1. The lowest BCUT2D eigenvalue weighted by Crippen LogP contribution is -2.23. The molecule has 3 rings (SSSR count). The Kier molecular flexibility index (Phi) is 5.55. The van der Waals surface area contributed by atoms with E-state index in [9.17, 15) is 4.79 Å². The first-order valence-electron chi connectivity index (χ1n) is 8.12. The van der Waals surface area contributed by atoms with Crippen molar-refractivity contribution in [1.29, 1.82) is 0 Å². The molecule has 1 heterocycles. The minimum absolute atomic E-state index is 0.117. The molecule has 27 heavy (non-hydrogen) atoms. The Hall–Kier alpha value is -3.55. The molecule has 3 aromatic rings. The molecule has 8 heteroatoms. The molecule has 0 bridgehead atoms. The highest BCUT2D eigenvalue weighted by Gasteiger charge is 2.17. The summed E-state index contributed by atoms with van der Waals surface area (Å²) in [5.74, 6) is 1.58. The number of amides is 1. The smallest absolute Gasteiger partial charge is 0.316 e. The molecular weight excluding hydrogens is 350 g/mol. The van der Waals surface area contributed by atoms with E-state index in [1.54, 1.807) is 32.4 Å². The highest BCUT2D eigenvalue weighted by atomic mass is 16.5. The molecule has 0 saturated heterocycles. The average molecular weight is 369 g/mol. The van der Waals surface area contributed by atoms with E-state index in [0.29, 0.717) is 23.6 Å². The van der Waals surface area contributed by atoms with Crippen molar-refractivity contribution in [2.24, 2.45) is 0 Å². The third-order valence-corrected chi connectivity index (χ3v) is 3.87. The van der Waals surface area contributed by atoms with Crippen molar-refractivity contribution in [3.05, 3.63) is 53.9 Å². The van der Waals surface area contributed by atoms with E-state index in [0.717, 1.165) is 11.3 Å². The Morgan fingerprint density at radius 1 is 1.00 bits per heavy atom. The SMILES string of the molecule is COc1ccc(CNC(=O)c2nc(-c3ccc(OC)c(OC)c3)no2)cc1. The van der Waals surface area contributed by atoms with Crippen LogP contribution in [-0.2, 0) is 6.54 Å². The molecular formula is C19H19N3O5. The van der Waals surface area contributed by atoms with Gasteiger partial charge in [-0.3, -0.25) is 4.79 Å². The van der Waals surface area contributed by atoms with E-state index in [4.69, 9.17) is 18.7 Å². The lowest BCUT2D eigenvalue weighted by atomic mass is 10.2. The lowest BCUT2D eigenvalue weighted by molar-refractivity contribution is 0.0907. The third kappa shape index (κ3) is 4.17. The molecule has 0 atom stereocenters. The van der Waals surface area contributed by atoms with Gasteiger partial charge in [0.2, 0.25) is 5.82 Å². The minimum atomic E-state index is -0.454. The van der Waals surface area contributed by atoms with Crippen LogP contribution in [0, 0.1) is 0 Å². The van der Waals surface area contributed by atoms with Gasteiger partial charge in [0.1, 0.15) is 5.75 Å². The van der Waals surface area contributed by atoms with Crippen LogP contribution in [0.3, 0.4) is 0 Å². The fourth-order valence-electron chi connectivity index (χ4n) is 2.41. The van der Waals surface area contributed by atoms with Crippen LogP contribution in [0.15, 0.2) is 47.0 Å². The molecule has 0 fully saturated rings. The van der Waals surface area contributed by atoms with E-state index in [1.807, 2.05) is 24.3 Å². The molecule has 0 aliphatic carbocycles. The third-order valence-electron chi connectivity index (χ3n) is 3.87. The van der Waals surface area contributed by atoms with Crippen LogP contribution in [0.25, 0.3) is 11.4 Å². The fraction of sp³-hybridized carbons (Fsp3) is 0.211. The molecule has 1 aromatic heterocycles. The normalized spacial score (nSPS) is 10.3. The number of methoxy groups -OCH3 is 3. The summed E-state index contributed by atoms with van der Waals surface area (Å²) in [5.41, 5.74) is 1.56. The van der Waals surface area contributed by atoms with Crippen molar-refractivity contribution in [2.75, 3.05) is 21.3 Å². The fourth-order valence-corrected chi connectivity index (χ4v) is 2.41. The molecule has 2 aromatic carbocycles. The van der Waals surface area contributed by atoms with Crippen molar-refractivity contribution < 1.29 is 23.5 Å². The van der Waals surface area contributed by atoms with Crippen molar-refractivity contribution in [2.45, 2.75) is 6.54 Å². The van der Waals surface area contributed by atoms with Gasteiger partial charge in [-0.15, -0.1) is 0 Å². The Morgan fingerprint density at radius 2 is 1.74 bits per heavy atom. The predicted octanol–water partition coefficient (Wildman–Crippen LogP) is 2.69. The van der Waals surface area contributed by atoms with Gasteiger partial charge in [-0.2, -0.15) is 4.98 Å². The highest BCUT2D eigenvalue weighted by molar-refractivity contribution is 5.89. The minimum Gasteiger partial charge on any atom is -0.497 e. The summed E-state index contributed by atoms with van der Waals surface area (Å²) in [5, 5.41) is 6.59. The van der Waals surface area contributed by atoms with Crippen molar-refractivity contribution in [1.82, 2.24) is 15.5 Å². The Bertz CT molecular complexity index is 921. The number of ether oxygens (including phenoxy) is 3. The maximum atomic E-state index is 12.2. The molecule has 1 N–H and O–H groups in total. The van der Waals surface area contributed by atoms with Gasteiger partial charge in [-0.25, -0.2) is 0 Å². The van der Waals surface area contributed by atoms with Gasteiger partial charge < -0.3 is 24.1 Å². The molecule has 0 aliphatic heterocycles. The molecule has 0 saturated carbocycles. The van der Waals surface area contributed by atoms with Crippen LogP contribution in [-0.4, -0.2) is 37.4 Å². The number of benzene rings is 2. The number of nitrogens with one attached hydrogen (secondary N) is 1. The van der Waals surface area contributed by atoms with Gasteiger partial charge >= 0.3 is 11.8 Å². The Balaban J connectivity index is 1.68. The summed E-state index contributed by atoms with van der Waals surface area (Å²) in [6, 6.07) is 12.6. The maximum Gasteiger partial charge on any atom is 0.316 e. The zero-order valence-corrected chi connectivity index (χ0v) is 15.2. The molecule has 8 nitrogen and oxygen atoms in total. The van der Waals surface area contributed by atoms with Crippen LogP contribution in [0.5, 0.6) is 17.2 Å². The summed E-state index contributed by atoms with van der Waals surface area (Å²) in [7, 11) is 4.69. The van der Waals surface area contributed by atoms with E-state index in [1.165, 1.54) is 7.11 Å². The largest absolute Gasteiger partial charge is 0.497 e. The van der Waals surface area contributed by atoms with Crippen molar-refractivity contribution in [3.63, 3.8) is 0 Å². The Morgan fingerprint density at radius 3 is 2.41 bits per heavy atom. The second kappa shape index (κ2) is 8.22. The summed E-state index contributed by atoms with van der Waals surface area (Å²) >= 11 is 0. The molecule has 0 aliphatic rings. The first-order valence-corrected chi connectivity index (χ1v) is 8.12. The van der Waals surface area contributed by atoms with Crippen LogP contribution in [0.1, 0.15) is 16.2 Å². The quantitative estimate of drug-likeness (QED) is 0.684. The lowest BCUT2D eigenvalue weighted by Gasteiger charge is -2.07. The van der Waals surface area contributed by atoms with Gasteiger partial charge in [0.15, 0.2) is 11.5 Å². The van der Waals surface area contributed by atoms with E-state index in [-0.39, 0.29) is 11.7 Å². The second-order valence-corrected chi connectivity index (χ2v) is 5.52. The molecule has 140 valence electrons. The number of nitrogens with zero attached hydrogens (tertiary/aromatic N) is 2. The number of rotatable bonds is 7. The zero-order valence-electron chi connectivity index (χ0n) is 15.2. The molecule has 0 spiro atoms. The van der Waals surface area contributed by atoms with Crippen LogP contribution < -0.4 is 19.5 Å². The van der Waals surface area contributed by atoms with Gasteiger partial charge in [0.25, 0.3) is 0 Å². The first-order chi connectivity index (χ1) is 13.1. The average Bonchev–Trinajstić information content (AvgIpc) is 3.22. The number of carbonyl (C=O) groups is 1. The zero-order chi connectivity index (χ0) is 19.2. The molecule has 0 radical (unpaired) electrons. The first kappa shape index (κ1) is 18.2. The topological polar surface area (TPSA) is 95.7 Å². The summed E-state index contributed by atoms with van der Waals surface area (Å²) < 4.78 is 20.6. The Labute approximate surface area is 156 Å². The van der Waals surface area contributed by atoms with E-state index in [2.05, 4.69) is 15.5 Å². The van der Waals surface area contributed by atoms with Crippen LogP contribution >= 0.6 is 0 Å². The highest BCUT2D eigenvalue weighted by Crippen LogP contribution is 2.31. The number of hydrogen-bond acceptors (Lipinski definition) is 7. The van der Waals surface area contributed by atoms with Crippen LogP contribution in [0.2, 0.25) is 0 Å². The number of aromatic nitrogens is 2. The van der Waals surface area contributed by atoms with Gasteiger partial charge in [0.05, 0.1) is 21.3 Å². The molecule has 0 unspecified atom stereocenters. The summed E-state index contributed by atoms with van der Waals surface area (Å²) in [6.07, 6.45) is 0.